The fraction of sp³-hybridized carbons (Fsp3) is 1.00. The molecular formula is C12H27NO2. The maximum atomic E-state index is 9.82. The maximum Gasteiger partial charge on any atom is 0.0544 e. The summed E-state index contributed by atoms with van der Waals surface area (Å²) in [5.74, 6) is 0.442. The molecule has 0 fully saturated rings. The summed E-state index contributed by atoms with van der Waals surface area (Å²) >= 11 is 0. The first kappa shape index (κ1) is 14.9. The SMILES string of the molecule is CCCCC(O)CC(COC)CN(C)C. The molecule has 0 heterocycles. The monoisotopic (exact) mass is 217 g/mol. The van der Waals surface area contributed by atoms with Crippen LogP contribution in [0.25, 0.3) is 0 Å². The van der Waals surface area contributed by atoms with E-state index in [1.807, 2.05) is 0 Å². The van der Waals surface area contributed by atoms with Crippen LogP contribution in [0.3, 0.4) is 0 Å². The molecule has 3 nitrogen and oxygen atoms in total. The predicted octanol–water partition coefficient (Wildman–Crippen LogP) is 1.75. The van der Waals surface area contributed by atoms with Crippen LogP contribution in [0, 0.1) is 5.92 Å². The Hall–Kier alpha value is -0.120. The highest BCUT2D eigenvalue weighted by Crippen LogP contribution is 2.13. The van der Waals surface area contributed by atoms with Crippen LogP contribution in [-0.4, -0.2) is 50.5 Å². The number of hydrogen-bond donors (Lipinski definition) is 1. The second-order valence-electron chi connectivity index (χ2n) is 4.62. The third-order valence-corrected chi connectivity index (χ3v) is 2.52. The molecule has 1 N–H and O–H groups in total. The lowest BCUT2D eigenvalue weighted by molar-refractivity contribution is 0.0772. The molecule has 15 heavy (non-hydrogen) atoms. The van der Waals surface area contributed by atoms with Crippen LogP contribution in [0.2, 0.25) is 0 Å². The van der Waals surface area contributed by atoms with Gasteiger partial charge in [-0.2, -0.15) is 0 Å². The highest BCUT2D eigenvalue weighted by atomic mass is 16.5. The van der Waals surface area contributed by atoms with E-state index < -0.39 is 0 Å². The van der Waals surface area contributed by atoms with E-state index in [2.05, 4.69) is 25.9 Å². The summed E-state index contributed by atoms with van der Waals surface area (Å²) < 4.78 is 5.17. The molecule has 0 rings (SSSR count). The molecule has 0 radical (unpaired) electrons. The van der Waals surface area contributed by atoms with Crippen molar-refractivity contribution >= 4 is 0 Å². The first-order valence-electron chi connectivity index (χ1n) is 5.91. The van der Waals surface area contributed by atoms with Gasteiger partial charge in [-0.3, -0.25) is 0 Å². The summed E-state index contributed by atoms with van der Waals surface area (Å²) in [6.07, 6.45) is 3.88. The molecule has 0 spiro atoms. The van der Waals surface area contributed by atoms with Crippen molar-refractivity contribution in [2.75, 3.05) is 34.4 Å². The minimum atomic E-state index is -0.162. The molecule has 0 aliphatic carbocycles. The second kappa shape index (κ2) is 9.13. The number of unbranched alkanes of at least 4 members (excludes halogenated alkanes) is 1. The molecule has 0 aliphatic rings. The third-order valence-electron chi connectivity index (χ3n) is 2.52. The van der Waals surface area contributed by atoms with Gasteiger partial charge in [-0.05, 0) is 32.9 Å². The standard InChI is InChI=1S/C12H27NO2/c1-5-6-7-12(14)8-11(10-15-4)9-13(2)3/h11-12,14H,5-10H2,1-4H3. The van der Waals surface area contributed by atoms with E-state index >= 15 is 0 Å². The summed E-state index contributed by atoms with van der Waals surface area (Å²) in [5, 5.41) is 9.82. The van der Waals surface area contributed by atoms with Crippen LogP contribution in [-0.2, 0) is 4.74 Å². The van der Waals surface area contributed by atoms with Gasteiger partial charge in [0.05, 0.1) is 12.7 Å². The average Bonchev–Trinajstić information content (AvgIpc) is 2.14. The zero-order valence-electron chi connectivity index (χ0n) is 10.7. The number of aliphatic hydroxyl groups is 1. The molecule has 92 valence electrons. The van der Waals surface area contributed by atoms with E-state index in [1.54, 1.807) is 7.11 Å². The van der Waals surface area contributed by atoms with Crippen molar-refractivity contribution in [2.45, 2.75) is 38.7 Å². The van der Waals surface area contributed by atoms with Crippen LogP contribution < -0.4 is 0 Å². The van der Waals surface area contributed by atoms with Crippen LogP contribution in [0.4, 0.5) is 0 Å². The Morgan fingerprint density at radius 3 is 2.47 bits per heavy atom. The van der Waals surface area contributed by atoms with Crippen LogP contribution in [0.1, 0.15) is 32.6 Å². The van der Waals surface area contributed by atoms with E-state index in [-0.39, 0.29) is 6.10 Å². The van der Waals surface area contributed by atoms with Gasteiger partial charge < -0.3 is 14.7 Å². The van der Waals surface area contributed by atoms with E-state index in [1.165, 1.54) is 0 Å². The lowest BCUT2D eigenvalue weighted by Gasteiger charge is -2.22. The molecule has 0 aliphatic heterocycles. The molecule has 0 aromatic heterocycles. The average molecular weight is 217 g/mol. The van der Waals surface area contributed by atoms with Gasteiger partial charge >= 0.3 is 0 Å². The van der Waals surface area contributed by atoms with E-state index in [9.17, 15) is 5.11 Å². The number of methoxy groups -OCH3 is 1. The van der Waals surface area contributed by atoms with Crippen LogP contribution in [0.5, 0.6) is 0 Å². The summed E-state index contributed by atoms with van der Waals surface area (Å²) in [7, 11) is 5.84. The fourth-order valence-electron chi connectivity index (χ4n) is 1.89. The zero-order chi connectivity index (χ0) is 11.7. The summed E-state index contributed by atoms with van der Waals surface area (Å²) in [4.78, 5) is 2.15. The summed E-state index contributed by atoms with van der Waals surface area (Å²) in [6, 6.07) is 0. The minimum Gasteiger partial charge on any atom is -0.393 e. The Labute approximate surface area is 94.4 Å². The van der Waals surface area contributed by atoms with Crippen LogP contribution in [0.15, 0.2) is 0 Å². The number of aliphatic hydroxyl groups excluding tert-OH is 1. The van der Waals surface area contributed by atoms with Gasteiger partial charge in [-0.25, -0.2) is 0 Å². The second-order valence-corrected chi connectivity index (χ2v) is 4.62. The van der Waals surface area contributed by atoms with Crippen molar-refractivity contribution < 1.29 is 9.84 Å². The van der Waals surface area contributed by atoms with Crippen molar-refractivity contribution in [3.8, 4) is 0 Å². The van der Waals surface area contributed by atoms with E-state index in [4.69, 9.17) is 4.74 Å². The quantitative estimate of drug-likeness (QED) is 0.638. The topological polar surface area (TPSA) is 32.7 Å². The first-order chi connectivity index (χ1) is 7.10. The van der Waals surface area contributed by atoms with Crippen molar-refractivity contribution in [3.05, 3.63) is 0 Å². The summed E-state index contributed by atoms with van der Waals surface area (Å²) in [5.41, 5.74) is 0. The van der Waals surface area contributed by atoms with Gasteiger partial charge in [0.15, 0.2) is 0 Å². The molecule has 0 aromatic rings. The van der Waals surface area contributed by atoms with Crippen molar-refractivity contribution in [3.63, 3.8) is 0 Å². The fourth-order valence-corrected chi connectivity index (χ4v) is 1.89. The van der Waals surface area contributed by atoms with Crippen molar-refractivity contribution in [2.24, 2.45) is 5.92 Å². The third kappa shape index (κ3) is 8.85. The lowest BCUT2D eigenvalue weighted by Crippen LogP contribution is -2.28. The molecule has 3 heteroatoms. The minimum absolute atomic E-state index is 0.162. The van der Waals surface area contributed by atoms with Gasteiger partial charge in [0.2, 0.25) is 0 Å². The Morgan fingerprint density at radius 2 is 2.00 bits per heavy atom. The Morgan fingerprint density at radius 1 is 1.33 bits per heavy atom. The normalized spacial score (nSPS) is 15.6. The number of hydrogen-bond acceptors (Lipinski definition) is 3. The molecule has 0 amide bonds. The highest BCUT2D eigenvalue weighted by Gasteiger charge is 2.14. The predicted molar refractivity (Wildman–Crippen MR) is 64.1 cm³/mol. The highest BCUT2D eigenvalue weighted by molar-refractivity contribution is 4.67. The number of ether oxygens (including phenoxy) is 1. The molecule has 2 atom stereocenters. The molecule has 0 aromatic carbocycles. The van der Waals surface area contributed by atoms with Gasteiger partial charge in [-0.15, -0.1) is 0 Å². The molecule has 0 bridgehead atoms. The van der Waals surface area contributed by atoms with Gasteiger partial charge in [-0.1, -0.05) is 19.8 Å². The summed E-state index contributed by atoms with van der Waals surface area (Å²) in [6.45, 7) is 3.87. The molecule has 0 saturated heterocycles. The largest absolute Gasteiger partial charge is 0.393 e. The number of nitrogens with zero attached hydrogens (tertiary/aromatic N) is 1. The molecule has 2 unspecified atom stereocenters. The first-order valence-corrected chi connectivity index (χ1v) is 5.91. The molecule has 0 saturated carbocycles. The van der Waals surface area contributed by atoms with Crippen LogP contribution >= 0.6 is 0 Å². The van der Waals surface area contributed by atoms with Gasteiger partial charge in [0, 0.05) is 13.7 Å². The zero-order valence-corrected chi connectivity index (χ0v) is 10.7. The van der Waals surface area contributed by atoms with Gasteiger partial charge in [0.25, 0.3) is 0 Å². The maximum absolute atomic E-state index is 9.82. The Kier molecular flexibility index (Phi) is 9.06. The van der Waals surface area contributed by atoms with E-state index in [0.29, 0.717) is 5.92 Å². The number of rotatable bonds is 9. The van der Waals surface area contributed by atoms with Crippen molar-refractivity contribution in [1.82, 2.24) is 4.90 Å². The molecular weight excluding hydrogens is 190 g/mol. The smallest absolute Gasteiger partial charge is 0.0544 e. The van der Waals surface area contributed by atoms with E-state index in [0.717, 1.165) is 38.8 Å². The van der Waals surface area contributed by atoms with Crippen molar-refractivity contribution in [1.29, 1.82) is 0 Å². The Bertz CT molecular complexity index is 140. The lowest BCUT2D eigenvalue weighted by atomic mass is 9.98. The Balaban J connectivity index is 3.81. The van der Waals surface area contributed by atoms with Gasteiger partial charge in [0.1, 0.15) is 0 Å².